The van der Waals surface area contributed by atoms with Crippen molar-refractivity contribution >= 4 is 11.6 Å². The molecule has 1 aromatic heterocycles. The lowest BCUT2D eigenvalue weighted by atomic mass is 9.93. The zero-order valence-corrected chi connectivity index (χ0v) is 13.5. The third-order valence-electron chi connectivity index (χ3n) is 4.07. The Balaban J connectivity index is 2.35. The average Bonchev–Trinajstić information content (AvgIpc) is 2.63. The van der Waals surface area contributed by atoms with Crippen molar-refractivity contribution < 1.29 is 4.74 Å². The Morgan fingerprint density at radius 3 is 2.40 bits per heavy atom. The van der Waals surface area contributed by atoms with Crippen LogP contribution in [0.4, 0.5) is 0 Å². The monoisotopic (exact) mass is 296 g/mol. The maximum Gasteiger partial charge on any atom is 0.162 e. The predicted octanol–water partition coefficient (Wildman–Crippen LogP) is 4.52. The van der Waals surface area contributed by atoms with Crippen LogP contribution in [-0.2, 0) is 16.8 Å². The Morgan fingerprint density at radius 2 is 1.85 bits per heavy atom. The summed E-state index contributed by atoms with van der Waals surface area (Å²) in [6.07, 6.45) is 7.78. The zero-order valence-electron chi connectivity index (χ0n) is 12.8. The van der Waals surface area contributed by atoms with Crippen molar-refractivity contribution in [2.75, 3.05) is 7.11 Å². The molecule has 0 amide bonds. The van der Waals surface area contributed by atoms with Crippen LogP contribution in [0.2, 0.25) is 5.15 Å². The van der Waals surface area contributed by atoms with Gasteiger partial charge in [-0.15, -0.1) is 0 Å². The summed E-state index contributed by atoms with van der Waals surface area (Å²) in [5, 5.41) is 0.534. The van der Waals surface area contributed by atoms with Crippen LogP contribution >= 0.6 is 11.6 Å². The molecular weight excluding hydrogens is 272 g/mol. The SMILES string of the molecule is COC1(c2nc(Cl)cc(CC(C)C)n2)CCCCCC1. The van der Waals surface area contributed by atoms with E-state index in [9.17, 15) is 0 Å². The highest BCUT2D eigenvalue weighted by Crippen LogP contribution is 2.37. The van der Waals surface area contributed by atoms with E-state index in [0.717, 1.165) is 30.8 Å². The first-order chi connectivity index (χ1) is 9.55. The minimum absolute atomic E-state index is 0.340. The molecule has 2 rings (SSSR count). The summed E-state index contributed by atoms with van der Waals surface area (Å²) in [5.41, 5.74) is 0.684. The molecule has 1 aromatic rings. The Morgan fingerprint density at radius 1 is 1.20 bits per heavy atom. The van der Waals surface area contributed by atoms with E-state index in [1.54, 1.807) is 7.11 Å². The smallest absolute Gasteiger partial charge is 0.162 e. The third-order valence-corrected chi connectivity index (χ3v) is 4.27. The summed E-state index contributed by atoms with van der Waals surface area (Å²) in [7, 11) is 1.78. The van der Waals surface area contributed by atoms with Crippen LogP contribution in [0.25, 0.3) is 0 Å². The highest BCUT2D eigenvalue weighted by atomic mass is 35.5. The molecule has 0 N–H and O–H groups in total. The first-order valence-corrected chi connectivity index (χ1v) is 8.02. The number of hydrogen-bond donors (Lipinski definition) is 0. The Bertz CT molecular complexity index is 440. The molecule has 0 spiro atoms. The second kappa shape index (κ2) is 6.86. The molecule has 0 bridgehead atoms. The van der Waals surface area contributed by atoms with Crippen molar-refractivity contribution in [1.29, 1.82) is 0 Å². The van der Waals surface area contributed by atoms with E-state index in [2.05, 4.69) is 18.8 Å². The molecule has 1 aliphatic carbocycles. The Labute approximate surface area is 127 Å². The maximum absolute atomic E-state index is 6.21. The van der Waals surface area contributed by atoms with Gasteiger partial charge in [-0.2, -0.15) is 0 Å². The van der Waals surface area contributed by atoms with Gasteiger partial charge in [-0.25, -0.2) is 9.97 Å². The average molecular weight is 297 g/mol. The van der Waals surface area contributed by atoms with Crippen LogP contribution in [0.15, 0.2) is 6.07 Å². The summed E-state index contributed by atoms with van der Waals surface area (Å²) in [6, 6.07) is 1.88. The van der Waals surface area contributed by atoms with E-state index in [1.807, 2.05) is 6.07 Å². The number of nitrogens with zero attached hydrogens (tertiary/aromatic N) is 2. The fraction of sp³-hybridized carbons (Fsp3) is 0.750. The van der Waals surface area contributed by atoms with E-state index < -0.39 is 0 Å². The Hall–Kier alpha value is -0.670. The molecule has 0 aliphatic heterocycles. The molecule has 0 atom stereocenters. The minimum atomic E-state index is -0.340. The number of halogens is 1. The van der Waals surface area contributed by atoms with Crippen LogP contribution in [0, 0.1) is 5.92 Å². The van der Waals surface area contributed by atoms with Crippen molar-refractivity contribution in [2.45, 2.75) is 64.4 Å². The van der Waals surface area contributed by atoms with Crippen LogP contribution in [0.1, 0.15) is 63.9 Å². The van der Waals surface area contributed by atoms with E-state index in [-0.39, 0.29) is 5.60 Å². The van der Waals surface area contributed by atoms with Gasteiger partial charge in [-0.05, 0) is 31.2 Å². The highest BCUT2D eigenvalue weighted by Gasteiger charge is 2.36. The summed E-state index contributed by atoms with van der Waals surface area (Å²) < 4.78 is 5.88. The van der Waals surface area contributed by atoms with Gasteiger partial charge in [-0.3, -0.25) is 0 Å². The lowest BCUT2D eigenvalue weighted by Gasteiger charge is -2.30. The predicted molar refractivity (Wildman–Crippen MR) is 82.0 cm³/mol. The molecule has 0 radical (unpaired) electrons. The van der Waals surface area contributed by atoms with Crippen molar-refractivity contribution in [3.63, 3.8) is 0 Å². The molecule has 0 aromatic carbocycles. The second-order valence-corrected chi connectivity index (χ2v) is 6.60. The van der Waals surface area contributed by atoms with Gasteiger partial charge in [0.15, 0.2) is 5.82 Å². The number of ether oxygens (including phenoxy) is 1. The molecule has 0 saturated heterocycles. The second-order valence-electron chi connectivity index (χ2n) is 6.22. The molecular formula is C16H25ClN2O. The van der Waals surface area contributed by atoms with Crippen molar-refractivity contribution in [3.05, 3.63) is 22.7 Å². The van der Waals surface area contributed by atoms with Gasteiger partial charge < -0.3 is 4.74 Å². The van der Waals surface area contributed by atoms with E-state index in [4.69, 9.17) is 21.3 Å². The topological polar surface area (TPSA) is 35.0 Å². The first-order valence-electron chi connectivity index (χ1n) is 7.65. The number of methoxy groups -OCH3 is 1. The minimum Gasteiger partial charge on any atom is -0.370 e. The summed E-state index contributed by atoms with van der Waals surface area (Å²) >= 11 is 6.21. The first kappa shape index (κ1) is 15.7. The molecule has 20 heavy (non-hydrogen) atoms. The van der Waals surface area contributed by atoms with Gasteiger partial charge in [0.25, 0.3) is 0 Å². The van der Waals surface area contributed by atoms with Gasteiger partial charge >= 0.3 is 0 Å². The number of hydrogen-bond acceptors (Lipinski definition) is 3. The van der Waals surface area contributed by atoms with Crippen LogP contribution in [0.3, 0.4) is 0 Å². The van der Waals surface area contributed by atoms with Gasteiger partial charge in [-0.1, -0.05) is 51.1 Å². The largest absolute Gasteiger partial charge is 0.370 e. The van der Waals surface area contributed by atoms with Crippen LogP contribution < -0.4 is 0 Å². The van der Waals surface area contributed by atoms with Crippen LogP contribution in [0.5, 0.6) is 0 Å². The highest BCUT2D eigenvalue weighted by molar-refractivity contribution is 6.29. The molecule has 1 saturated carbocycles. The van der Waals surface area contributed by atoms with Gasteiger partial charge in [0, 0.05) is 12.8 Å². The standard InChI is InChI=1S/C16H25ClN2O/c1-12(2)10-13-11-14(17)19-15(18-13)16(20-3)8-6-4-5-7-9-16/h11-12H,4-10H2,1-3H3. The van der Waals surface area contributed by atoms with E-state index in [0.29, 0.717) is 11.1 Å². The van der Waals surface area contributed by atoms with E-state index in [1.165, 1.54) is 25.7 Å². The fourth-order valence-electron chi connectivity index (χ4n) is 3.01. The zero-order chi connectivity index (χ0) is 14.6. The third kappa shape index (κ3) is 3.70. The molecule has 4 heteroatoms. The maximum atomic E-state index is 6.21. The fourth-order valence-corrected chi connectivity index (χ4v) is 3.22. The van der Waals surface area contributed by atoms with Gasteiger partial charge in [0.05, 0.1) is 0 Å². The molecule has 1 heterocycles. The summed E-state index contributed by atoms with van der Waals surface area (Å²) in [4.78, 5) is 9.24. The lowest BCUT2D eigenvalue weighted by molar-refractivity contribution is -0.0353. The van der Waals surface area contributed by atoms with E-state index >= 15 is 0 Å². The van der Waals surface area contributed by atoms with Crippen molar-refractivity contribution in [3.8, 4) is 0 Å². The number of rotatable bonds is 4. The normalized spacial score (nSPS) is 19.1. The molecule has 1 fully saturated rings. The van der Waals surface area contributed by atoms with Crippen molar-refractivity contribution in [2.24, 2.45) is 5.92 Å². The molecule has 3 nitrogen and oxygen atoms in total. The van der Waals surface area contributed by atoms with Crippen LogP contribution in [-0.4, -0.2) is 17.1 Å². The lowest BCUT2D eigenvalue weighted by Crippen LogP contribution is -2.31. The molecule has 112 valence electrons. The summed E-state index contributed by atoms with van der Waals surface area (Å²) in [5.74, 6) is 1.34. The molecule has 1 aliphatic rings. The van der Waals surface area contributed by atoms with Crippen molar-refractivity contribution in [1.82, 2.24) is 9.97 Å². The van der Waals surface area contributed by atoms with Gasteiger partial charge in [0.1, 0.15) is 10.8 Å². The molecule has 0 unspecified atom stereocenters. The quantitative estimate of drug-likeness (QED) is 0.605. The number of aromatic nitrogens is 2. The Kier molecular flexibility index (Phi) is 5.39. The summed E-state index contributed by atoms with van der Waals surface area (Å²) in [6.45, 7) is 4.38. The van der Waals surface area contributed by atoms with Gasteiger partial charge in [0.2, 0.25) is 0 Å².